The third-order valence-corrected chi connectivity index (χ3v) is 12.5. The van der Waals surface area contributed by atoms with Gasteiger partial charge in [-0.2, -0.15) is 0 Å². The van der Waals surface area contributed by atoms with Crippen LogP contribution in [0.5, 0.6) is 0 Å². The van der Waals surface area contributed by atoms with E-state index in [9.17, 15) is 0 Å². The van der Waals surface area contributed by atoms with Crippen LogP contribution in [0, 0.1) is 0 Å². The number of hydrogen-bond acceptors (Lipinski definition) is 3. The van der Waals surface area contributed by atoms with Crippen LogP contribution in [0.3, 0.4) is 0 Å². The molecule has 4 heteroatoms. The fourth-order valence-electron chi connectivity index (χ4n) is 8.56. The van der Waals surface area contributed by atoms with Gasteiger partial charge >= 0.3 is 0 Å². The first kappa shape index (κ1) is 28.7. The van der Waals surface area contributed by atoms with Crippen molar-refractivity contribution < 1.29 is 0 Å². The molecule has 0 unspecified atom stereocenters. The van der Waals surface area contributed by atoms with Gasteiger partial charge in [0.25, 0.3) is 0 Å². The van der Waals surface area contributed by atoms with Crippen LogP contribution in [0.15, 0.2) is 152 Å². The molecule has 0 aliphatic heterocycles. The Morgan fingerprint density at radius 2 is 1.27 bits per heavy atom. The average molecular weight is 670 g/mol. The fraction of sp³-hybridized carbons (Fsp3) is 0.0638. The summed E-state index contributed by atoms with van der Waals surface area (Å²) in [6, 6.07) is 54.7. The Labute approximate surface area is 299 Å². The molecule has 10 aromatic rings. The molecular weight excluding hydrogens is 639 g/mol. The molecule has 51 heavy (non-hydrogen) atoms. The Balaban J connectivity index is 1.28. The van der Waals surface area contributed by atoms with Crippen molar-refractivity contribution in [3.63, 3.8) is 0 Å². The van der Waals surface area contributed by atoms with E-state index >= 15 is 0 Å². The maximum Gasteiger partial charge on any atom is 0.235 e. The predicted octanol–water partition coefficient (Wildman–Crippen LogP) is 12.7. The normalized spacial score (nSPS) is 13.5. The molecule has 0 amide bonds. The lowest BCUT2D eigenvalue weighted by molar-refractivity contribution is 0.674. The van der Waals surface area contributed by atoms with Crippen LogP contribution >= 0.6 is 11.3 Å². The Morgan fingerprint density at radius 3 is 2.18 bits per heavy atom. The maximum absolute atomic E-state index is 5.43. The maximum atomic E-state index is 5.43. The standard InChI is InChI=1S/C47H31N3S/c1-47(2)38-21-10-8-18-34(38)41-36-25-24-33-37-27-30(32-20-12-16-28-13-6-7-17-31(28)32)23-26-40(37)50(43(33)44(36)51-45(41)47)46-48-39-22-11-9-19-35(39)42(49-46)29-14-4-3-5-15-29/h3-27H,1-2H3. The molecule has 1 aliphatic rings. The minimum atomic E-state index is -0.0831. The second kappa shape index (κ2) is 10.5. The van der Waals surface area contributed by atoms with E-state index in [-0.39, 0.29) is 5.41 Å². The van der Waals surface area contributed by atoms with Crippen LogP contribution in [0.4, 0.5) is 0 Å². The number of hydrogen-bond donors (Lipinski definition) is 0. The van der Waals surface area contributed by atoms with Crippen molar-refractivity contribution in [1.29, 1.82) is 0 Å². The van der Waals surface area contributed by atoms with Gasteiger partial charge in [0.05, 0.1) is 26.9 Å². The van der Waals surface area contributed by atoms with Gasteiger partial charge in [0, 0.05) is 43.0 Å². The van der Waals surface area contributed by atoms with Gasteiger partial charge in [0.2, 0.25) is 5.95 Å². The molecule has 3 aromatic heterocycles. The smallest absolute Gasteiger partial charge is 0.235 e. The molecule has 0 saturated carbocycles. The molecule has 0 saturated heterocycles. The lowest BCUT2D eigenvalue weighted by Crippen LogP contribution is -2.13. The zero-order chi connectivity index (χ0) is 33.8. The summed E-state index contributed by atoms with van der Waals surface area (Å²) in [5, 5.41) is 7.25. The van der Waals surface area contributed by atoms with E-state index in [4.69, 9.17) is 9.97 Å². The molecule has 7 aromatic carbocycles. The van der Waals surface area contributed by atoms with E-state index in [0.29, 0.717) is 5.95 Å². The Bertz CT molecular complexity index is 3050. The second-order valence-electron chi connectivity index (χ2n) is 14.2. The summed E-state index contributed by atoms with van der Waals surface area (Å²) in [5.41, 5.74) is 11.7. The molecule has 3 heterocycles. The number of rotatable bonds is 3. The third-order valence-electron chi connectivity index (χ3n) is 11.0. The van der Waals surface area contributed by atoms with Crippen molar-refractivity contribution in [3.8, 4) is 39.5 Å². The Hall–Kier alpha value is -6.10. The van der Waals surface area contributed by atoms with Crippen molar-refractivity contribution in [2.45, 2.75) is 19.3 Å². The van der Waals surface area contributed by atoms with Gasteiger partial charge in [0.1, 0.15) is 0 Å². The van der Waals surface area contributed by atoms with Gasteiger partial charge in [-0.05, 0) is 51.2 Å². The Kier molecular flexibility index (Phi) is 5.89. The Morgan fingerprint density at radius 1 is 0.549 bits per heavy atom. The number of benzene rings is 7. The van der Waals surface area contributed by atoms with Crippen molar-refractivity contribution >= 4 is 64.9 Å². The summed E-state index contributed by atoms with van der Waals surface area (Å²) < 4.78 is 3.62. The first-order valence-electron chi connectivity index (χ1n) is 17.5. The van der Waals surface area contributed by atoms with E-state index in [2.05, 4.69) is 170 Å². The molecule has 3 nitrogen and oxygen atoms in total. The largest absolute Gasteiger partial charge is 0.276 e. The topological polar surface area (TPSA) is 30.7 Å². The first-order chi connectivity index (χ1) is 25.1. The predicted molar refractivity (Wildman–Crippen MR) is 215 cm³/mol. The van der Waals surface area contributed by atoms with E-state index < -0.39 is 0 Å². The van der Waals surface area contributed by atoms with Gasteiger partial charge in [-0.15, -0.1) is 11.3 Å². The fourth-order valence-corrected chi connectivity index (χ4v) is 10.0. The van der Waals surface area contributed by atoms with Crippen molar-refractivity contribution in [2.24, 2.45) is 0 Å². The number of thiophene rings is 1. The zero-order valence-corrected chi connectivity index (χ0v) is 29.0. The van der Waals surface area contributed by atoms with Crippen LogP contribution < -0.4 is 0 Å². The summed E-state index contributed by atoms with van der Waals surface area (Å²) in [7, 11) is 0. The first-order valence-corrected chi connectivity index (χ1v) is 18.3. The SMILES string of the molecule is CC1(C)c2ccccc2-c2c1sc1c2ccc2c3cc(-c4cccc5ccccc45)ccc3n(-c3nc(-c4ccccc4)c4ccccc4n3)c21. The summed E-state index contributed by atoms with van der Waals surface area (Å²) >= 11 is 1.93. The average Bonchev–Trinajstić information content (AvgIpc) is 3.81. The van der Waals surface area contributed by atoms with Crippen molar-refractivity contribution in [1.82, 2.24) is 14.5 Å². The van der Waals surface area contributed by atoms with Gasteiger partial charge < -0.3 is 0 Å². The molecule has 0 atom stereocenters. The summed E-state index contributed by atoms with van der Waals surface area (Å²) in [4.78, 5) is 12.2. The minimum Gasteiger partial charge on any atom is -0.276 e. The summed E-state index contributed by atoms with van der Waals surface area (Å²) in [6.07, 6.45) is 0. The van der Waals surface area contributed by atoms with Crippen LogP contribution in [-0.2, 0) is 5.41 Å². The molecular formula is C47H31N3S. The highest BCUT2D eigenvalue weighted by Gasteiger charge is 2.39. The minimum absolute atomic E-state index is 0.0831. The number of fused-ring (bicyclic) bond motifs is 11. The molecule has 0 N–H and O–H groups in total. The van der Waals surface area contributed by atoms with Crippen LogP contribution in [-0.4, -0.2) is 14.5 Å². The molecule has 0 bridgehead atoms. The van der Waals surface area contributed by atoms with E-state index in [1.807, 2.05) is 11.3 Å². The van der Waals surface area contributed by atoms with Crippen LogP contribution in [0.1, 0.15) is 24.3 Å². The zero-order valence-electron chi connectivity index (χ0n) is 28.2. The van der Waals surface area contributed by atoms with Crippen molar-refractivity contribution in [3.05, 3.63) is 162 Å². The molecule has 1 aliphatic carbocycles. The number of aromatic nitrogens is 3. The number of para-hydroxylation sites is 1. The molecule has 240 valence electrons. The number of nitrogens with zero attached hydrogens (tertiary/aromatic N) is 3. The van der Waals surface area contributed by atoms with Gasteiger partial charge in [-0.3, -0.25) is 4.57 Å². The molecule has 0 fully saturated rings. The summed E-state index contributed by atoms with van der Waals surface area (Å²) in [5.74, 6) is 0.686. The van der Waals surface area contributed by atoms with Crippen LogP contribution in [0.2, 0.25) is 0 Å². The lowest BCUT2D eigenvalue weighted by atomic mass is 9.87. The monoisotopic (exact) mass is 669 g/mol. The highest BCUT2D eigenvalue weighted by molar-refractivity contribution is 7.21. The highest BCUT2D eigenvalue weighted by atomic mass is 32.1. The van der Waals surface area contributed by atoms with Crippen molar-refractivity contribution in [2.75, 3.05) is 0 Å². The van der Waals surface area contributed by atoms with Gasteiger partial charge in [0.15, 0.2) is 0 Å². The lowest BCUT2D eigenvalue weighted by Gasteiger charge is -2.19. The summed E-state index contributed by atoms with van der Waals surface area (Å²) in [6.45, 7) is 4.74. The quantitative estimate of drug-likeness (QED) is 0.187. The van der Waals surface area contributed by atoms with E-state index in [1.54, 1.807) is 0 Å². The molecule has 11 rings (SSSR count). The van der Waals surface area contributed by atoms with Crippen LogP contribution in [0.25, 0.3) is 93.0 Å². The third kappa shape index (κ3) is 3.99. The highest BCUT2D eigenvalue weighted by Crippen LogP contribution is 2.56. The van der Waals surface area contributed by atoms with Gasteiger partial charge in [-0.25, -0.2) is 9.97 Å². The molecule has 0 radical (unpaired) electrons. The van der Waals surface area contributed by atoms with E-state index in [1.165, 1.54) is 69.8 Å². The second-order valence-corrected chi connectivity index (χ2v) is 15.2. The molecule has 0 spiro atoms. The van der Waals surface area contributed by atoms with E-state index in [0.717, 1.165) is 27.7 Å². The van der Waals surface area contributed by atoms with Gasteiger partial charge in [-0.1, -0.05) is 147 Å².